The van der Waals surface area contributed by atoms with E-state index in [2.05, 4.69) is 27.1 Å². The first-order valence-electron chi connectivity index (χ1n) is 3.75. The molecule has 0 atom stereocenters. The quantitative estimate of drug-likeness (QED) is 0.663. The van der Waals surface area contributed by atoms with Crippen LogP contribution in [0.2, 0.25) is 0 Å². The largest absolute Gasteiger partial charge is 0.343 e. The van der Waals surface area contributed by atoms with Gasteiger partial charge in [-0.05, 0) is 19.4 Å². The molecule has 0 saturated carbocycles. The molecule has 0 radical (unpaired) electrons. The maximum atomic E-state index is 4.06. The molecule has 0 aliphatic rings. The van der Waals surface area contributed by atoms with Gasteiger partial charge in [-0.1, -0.05) is 5.92 Å². The highest BCUT2D eigenvalue weighted by Crippen LogP contribution is 1.96. The van der Waals surface area contributed by atoms with Gasteiger partial charge in [-0.15, -0.1) is 5.92 Å². The molecule has 3 heteroatoms. The molecule has 0 saturated heterocycles. The van der Waals surface area contributed by atoms with E-state index in [1.54, 1.807) is 19.3 Å². The van der Waals surface area contributed by atoms with Crippen LogP contribution < -0.4 is 5.32 Å². The van der Waals surface area contributed by atoms with Gasteiger partial charge in [0.05, 0.1) is 6.54 Å². The summed E-state index contributed by atoms with van der Waals surface area (Å²) in [6.07, 6.45) is 3.55. The summed E-state index contributed by atoms with van der Waals surface area (Å²) in [5.41, 5.74) is 1.06. The van der Waals surface area contributed by atoms with E-state index in [1.807, 2.05) is 6.92 Å². The van der Waals surface area contributed by atoms with Crippen LogP contribution >= 0.6 is 0 Å². The van der Waals surface area contributed by atoms with Crippen molar-refractivity contribution in [2.45, 2.75) is 13.8 Å². The maximum absolute atomic E-state index is 4.06. The van der Waals surface area contributed by atoms with Crippen LogP contribution in [-0.2, 0) is 0 Å². The fourth-order valence-corrected chi connectivity index (χ4v) is 0.696. The molecule has 0 unspecified atom stereocenters. The Labute approximate surface area is 72.2 Å². The average Bonchev–Trinajstić information content (AvgIpc) is 2.09. The second kappa shape index (κ2) is 4.35. The smallest absolute Gasteiger partial charge is 0.223 e. The molecule has 0 bridgehead atoms. The summed E-state index contributed by atoms with van der Waals surface area (Å²) in [7, 11) is 0. The van der Waals surface area contributed by atoms with E-state index in [4.69, 9.17) is 0 Å². The lowest BCUT2D eigenvalue weighted by atomic mass is 10.4. The molecule has 0 aliphatic heterocycles. The van der Waals surface area contributed by atoms with Gasteiger partial charge in [0.25, 0.3) is 0 Å². The van der Waals surface area contributed by atoms with Gasteiger partial charge in [-0.2, -0.15) is 0 Å². The Morgan fingerprint density at radius 3 is 2.67 bits per heavy atom. The van der Waals surface area contributed by atoms with Gasteiger partial charge in [-0.25, -0.2) is 9.97 Å². The molecular formula is C9H11N3. The summed E-state index contributed by atoms with van der Waals surface area (Å²) in [6, 6.07) is 0. The number of aryl methyl sites for hydroxylation is 1. The fraction of sp³-hybridized carbons (Fsp3) is 0.333. The van der Waals surface area contributed by atoms with Crippen LogP contribution in [0.5, 0.6) is 0 Å². The third-order valence-electron chi connectivity index (χ3n) is 1.29. The van der Waals surface area contributed by atoms with Crippen LogP contribution in [0.3, 0.4) is 0 Å². The van der Waals surface area contributed by atoms with Crippen molar-refractivity contribution < 1.29 is 0 Å². The molecule has 1 rings (SSSR count). The predicted octanol–water partition coefficient (Wildman–Crippen LogP) is 1.22. The van der Waals surface area contributed by atoms with E-state index in [0.29, 0.717) is 12.5 Å². The van der Waals surface area contributed by atoms with Gasteiger partial charge in [0.15, 0.2) is 0 Å². The van der Waals surface area contributed by atoms with Crippen LogP contribution in [-0.4, -0.2) is 16.5 Å². The Morgan fingerprint density at radius 2 is 2.08 bits per heavy atom. The summed E-state index contributed by atoms with van der Waals surface area (Å²) in [6.45, 7) is 4.35. The average molecular weight is 161 g/mol. The normalized spacial score (nSPS) is 8.50. The molecule has 1 aromatic rings. The van der Waals surface area contributed by atoms with E-state index in [0.717, 1.165) is 5.56 Å². The third-order valence-corrected chi connectivity index (χ3v) is 1.29. The molecule has 62 valence electrons. The maximum Gasteiger partial charge on any atom is 0.223 e. The second-order valence-corrected chi connectivity index (χ2v) is 2.36. The summed E-state index contributed by atoms with van der Waals surface area (Å²) in [5.74, 6) is 6.28. The predicted molar refractivity (Wildman–Crippen MR) is 48.7 cm³/mol. The van der Waals surface area contributed by atoms with E-state index in [-0.39, 0.29) is 0 Å². The van der Waals surface area contributed by atoms with E-state index >= 15 is 0 Å². The van der Waals surface area contributed by atoms with Gasteiger partial charge >= 0.3 is 0 Å². The highest BCUT2D eigenvalue weighted by Gasteiger charge is 1.90. The number of nitrogens with one attached hydrogen (secondary N) is 1. The van der Waals surface area contributed by atoms with E-state index in [1.165, 1.54) is 0 Å². The van der Waals surface area contributed by atoms with Gasteiger partial charge < -0.3 is 5.32 Å². The lowest BCUT2D eigenvalue weighted by Crippen LogP contribution is -2.02. The first-order valence-corrected chi connectivity index (χ1v) is 3.75. The van der Waals surface area contributed by atoms with Gasteiger partial charge in [-0.3, -0.25) is 0 Å². The van der Waals surface area contributed by atoms with Crippen molar-refractivity contribution in [1.29, 1.82) is 0 Å². The Balaban J connectivity index is 2.51. The van der Waals surface area contributed by atoms with Crippen LogP contribution in [0.1, 0.15) is 12.5 Å². The lowest BCUT2D eigenvalue weighted by Gasteiger charge is -1.98. The van der Waals surface area contributed by atoms with Crippen molar-refractivity contribution in [2.24, 2.45) is 0 Å². The first-order chi connectivity index (χ1) is 5.83. The SMILES string of the molecule is CC#CCNc1ncc(C)cn1. The van der Waals surface area contributed by atoms with Gasteiger partial charge in [0.2, 0.25) is 5.95 Å². The van der Waals surface area contributed by atoms with Crippen LogP contribution in [0.15, 0.2) is 12.4 Å². The van der Waals surface area contributed by atoms with Gasteiger partial charge in [0.1, 0.15) is 0 Å². The molecule has 3 nitrogen and oxygen atoms in total. The molecule has 1 N–H and O–H groups in total. The standard InChI is InChI=1S/C9H11N3/c1-3-4-5-10-9-11-6-8(2)7-12-9/h6-7H,5H2,1-2H3,(H,10,11,12). The molecule has 0 amide bonds. The number of hydrogen-bond donors (Lipinski definition) is 1. The first kappa shape index (κ1) is 8.54. The Bertz CT molecular complexity index is 292. The zero-order valence-corrected chi connectivity index (χ0v) is 7.26. The number of rotatable bonds is 2. The highest BCUT2D eigenvalue weighted by atomic mass is 15.1. The van der Waals surface area contributed by atoms with Crippen LogP contribution in [0, 0.1) is 18.8 Å². The minimum atomic E-state index is 0.597. The summed E-state index contributed by atoms with van der Waals surface area (Å²) in [4.78, 5) is 8.12. The molecular weight excluding hydrogens is 150 g/mol. The Morgan fingerprint density at radius 1 is 1.42 bits per heavy atom. The lowest BCUT2D eigenvalue weighted by molar-refractivity contribution is 1.10. The summed E-state index contributed by atoms with van der Waals surface area (Å²) >= 11 is 0. The Kier molecular flexibility index (Phi) is 3.09. The van der Waals surface area contributed by atoms with E-state index in [9.17, 15) is 0 Å². The third kappa shape index (κ3) is 2.59. The minimum absolute atomic E-state index is 0.597. The van der Waals surface area contributed by atoms with Crippen molar-refractivity contribution in [2.75, 3.05) is 11.9 Å². The second-order valence-electron chi connectivity index (χ2n) is 2.36. The van der Waals surface area contributed by atoms with Crippen molar-refractivity contribution in [1.82, 2.24) is 9.97 Å². The topological polar surface area (TPSA) is 37.8 Å². The van der Waals surface area contributed by atoms with Crippen molar-refractivity contribution in [3.05, 3.63) is 18.0 Å². The number of nitrogens with zero attached hydrogens (tertiary/aromatic N) is 2. The monoisotopic (exact) mass is 161 g/mol. The molecule has 12 heavy (non-hydrogen) atoms. The van der Waals surface area contributed by atoms with Crippen molar-refractivity contribution >= 4 is 5.95 Å². The molecule has 0 fully saturated rings. The molecule has 0 spiro atoms. The minimum Gasteiger partial charge on any atom is -0.343 e. The molecule has 0 aliphatic carbocycles. The zero-order valence-electron chi connectivity index (χ0n) is 7.26. The van der Waals surface area contributed by atoms with Crippen LogP contribution in [0.25, 0.3) is 0 Å². The van der Waals surface area contributed by atoms with E-state index < -0.39 is 0 Å². The highest BCUT2D eigenvalue weighted by molar-refractivity contribution is 5.26. The number of hydrogen-bond acceptors (Lipinski definition) is 3. The van der Waals surface area contributed by atoms with Crippen molar-refractivity contribution in [3.8, 4) is 11.8 Å². The number of anilines is 1. The zero-order chi connectivity index (χ0) is 8.81. The van der Waals surface area contributed by atoms with Crippen LogP contribution in [0.4, 0.5) is 5.95 Å². The summed E-state index contributed by atoms with van der Waals surface area (Å²) < 4.78 is 0. The summed E-state index contributed by atoms with van der Waals surface area (Å²) in [5, 5.41) is 2.98. The van der Waals surface area contributed by atoms with Gasteiger partial charge in [0, 0.05) is 12.4 Å². The Hall–Kier alpha value is -1.56. The molecule has 1 aromatic heterocycles. The van der Waals surface area contributed by atoms with Crippen molar-refractivity contribution in [3.63, 3.8) is 0 Å². The molecule has 0 aromatic carbocycles. The number of aromatic nitrogens is 2. The fourth-order valence-electron chi connectivity index (χ4n) is 0.696. The molecule has 1 heterocycles.